The van der Waals surface area contributed by atoms with Crippen LogP contribution in [0.4, 0.5) is 18.9 Å². The van der Waals surface area contributed by atoms with Crippen molar-refractivity contribution in [1.29, 1.82) is 0 Å². The molecule has 0 fully saturated rings. The molecule has 1 atom stereocenters. The first-order valence-electron chi connectivity index (χ1n) is 10.9. The first-order chi connectivity index (χ1) is 17.6. The molecule has 2 aromatic rings. The molecule has 0 aliphatic carbocycles. The lowest BCUT2D eigenvalue weighted by molar-refractivity contribution is -0.146. The van der Waals surface area contributed by atoms with Crippen LogP contribution < -0.4 is 15.4 Å². The highest BCUT2D eigenvalue weighted by atomic mass is 19.4. The van der Waals surface area contributed by atoms with Gasteiger partial charge >= 0.3 is 12.1 Å². The fraction of sp³-hybridized carbons (Fsp3) is 0.208. The van der Waals surface area contributed by atoms with E-state index in [1.54, 1.807) is 30.4 Å². The Balaban J connectivity index is 1.36. The van der Waals surface area contributed by atoms with E-state index in [0.29, 0.717) is 17.3 Å². The molecule has 0 radical (unpaired) electrons. The van der Waals surface area contributed by atoms with Crippen LogP contribution in [-0.2, 0) is 20.5 Å². The number of halogens is 3. The predicted octanol–water partition coefficient (Wildman–Crippen LogP) is 2.94. The van der Waals surface area contributed by atoms with Crippen molar-refractivity contribution in [2.75, 3.05) is 18.5 Å². The van der Waals surface area contributed by atoms with E-state index < -0.39 is 42.3 Å². The van der Waals surface area contributed by atoms with Crippen LogP contribution in [0.2, 0.25) is 0 Å². The lowest BCUT2D eigenvalue weighted by Gasteiger charge is -2.18. The van der Waals surface area contributed by atoms with Crippen molar-refractivity contribution in [2.45, 2.75) is 19.3 Å². The molecule has 2 heterocycles. The summed E-state index contributed by atoms with van der Waals surface area (Å²) in [6.07, 6.45) is -1.96. The fourth-order valence-electron chi connectivity index (χ4n) is 3.37. The maximum Gasteiger partial charge on any atom is 0.416 e. The van der Waals surface area contributed by atoms with E-state index in [1.807, 2.05) is 0 Å². The molecule has 2 aromatic carbocycles. The van der Waals surface area contributed by atoms with Gasteiger partial charge in [0.2, 0.25) is 5.90 Å². The Labute approximate surface area is 208 Å². The molecule has 2 amide bonds. The van der Waals surface area contributed by atoms with Crippen molar-refractivity contribution in [3.05, 3.63) is 71.8 Å². The average molecular weight is 515 g/mol. The van der Waals surface area contributed by atoms with Crippen molar-refractivity contribution in [1.82, 2.24) is 10.3 Å². The van der Waals surface area contributed by atoms with Gasteiger partial charge in [0.25, 0.3) is 11.8 Å². The highest BCUT2D eigenvalue weighted by Gasteiger charge is 2.31. The standard InChI is InChI=1S/C24H20F3N5O5/c1-14(33)36-13-21(34)30-19-12-32-20(29-19)8-9-22(31-32)37-18-7-3-6-17(11-18)28-23(35)15-4-2-5-16(10-15)24(25,26)27/h2-11,19H,12-13H2,1H3,(H,28,35)(H,30,34). The molecule has 2 N–H and O–H groups in total. The molecule has 13 heteroatoms. The number of nitrogens with one attached hydrogen (secondary N) is 2. The van der Waals surface area contributed by atoms with E-state index >= 15 is 0 Å². The van der Waals surface area contributed by atoms with Gasteiger partial charge in [0.1, 0.15) is 17.8 Å². The summed E-state index contributed by atoms with van der Waals surface area (Å²) in [4.78, 5) is 39.5. The molecule has 1 unspecified atom stereocenters. The summed E-state index contributed by atoms with van der Waals surface area (Å²) in [5, 5.41) is 11.0. The van der Waals surface area contributed by atoms with Gasteiger partial charge in [-0.05, 0) is 36.4 Å². The lowest BCUT2D eigenvalue weighted by atomic mass is 10.1. The summed E-state index contributed by atoms with van der Waals surface area (Å²) in [5.74, 6) is -0.773. The van der Waals surface area contributed by atoms with Gasteiger partial charge in [-0.15, -0.1) is 5.10 Å². The van der Waals surface area contributed by atoms with Crippen molar-refractivity contribution < 1.29 is 37.0 Å². The van der Waals surface area contributed by atoms with Crippen LogP contribution in [0.15, 0.2) is 70.8 Å². The van der Waals surface area contributed by atoms with E-state index in [0.717, 1.165) is 18.2 Å². The number of aliphatic imine (C=N–C) groups is 1. The van der Waals surface area contributed by atoms with Gasteiger partial charge in [-0.1, -0.05) is 12.1 Å². The monoisotopic (exact) mass is 515 g/mol. The van der Waals surface area contributed by atoms with Crippen molar-refractivity contribution in [3.8, 4) is 5.75 Å². The number of carbonyl (C=O) groups is 3. The van der Waals surface area contributed by atoms with Gasteiger partial charge in [-0.3, -0.25) is 14.4 Å². The Morgan fingerprint density at radius 2 is 1.89 bits per heavy atom. The van der Waals surface area contributed by atoms with E-state index in [9.17, 15) is 27.6 Å². The molecule has 37 heavy (non-hydrogen) atoms. The average Bonchev–Trinajstić information content (AvgIpc) is 3.24. The minimum absolute atomic E-state index is 0.143. The Kier molecular flexibility index (Phi) is 7.22. The van der Waals surface area contributed by atoms with Crippen LogP contribution in [0.3, 0.4) is 0 Å². The minimum Gasteiger partial charge on any atom is -0.456 e. The Morgan fingerprint density at radius 3 is 2.65 bits per heavy atom. The number of ether oxygens (including phenoxy) is 2. The number of carbonyl (C=O) groups excluding carboxylic acids is 3. The largest absolute Gasteiger partial charge is 0.456 e. The number of hydrogen-bond acceptors (Lipinski definition) is 8. The SMILES string of the molecule is CC(=O)OCC(=O)NC1CN2N=C(Oc3cccc(NC(=O)c4cccc(C(F)(F)F)c4)c3)C=CC2=N1. The number of rotatable bonds is 6. The summed E-state index contributed by atoms with van der Waals surface area (Å²) in [7, 11) is 0. The molecule has 0 aromatic heterocycles. The number of amides is 2. The molecular weight excluding hydrogens is 495 g/mol. The topological polar surface area (TPSA) is 122 Å². The van der Waals surface area contributed by atoms with Gasteiger partial charge < -0.3 is 20.1 Å². The normalized spacial score (nSPS) is 16.3. The number of fused-ring (bicyclic) bond motifs is 1. The molecule has 192 valence electrons. The molecule has 0 spiro atoms. The Morgan fingerprint density at radius 1 is 1.11 bits per heavy atom. The van der Waals surface area contributed by atoms with Gasteiger partial charge in [0.05, 0.1) is 12.1 Å². The molecule has 2 aliphatic rings. The van der Waals surface area contributed by atoms with Crippen LogP contribution in [-0.4, -0.2) is 53.8 Å². The number of anilines is 1. The highest BCUT2D eigenvalue weighted by molar-refractivity contribution is 6.05. The zero-order valence-corrected chi connectivity index (χ0v) is 19.3. The number of amidine groups is 1. The zero-order valence-electron chi connectivity index (χ0n) is 19.3. The third-order valence-electron chi connectivity index (χ3n) is 4.99. The molecule has 10 nitrogen and oxygen atoms in total. The van der Waals surface area contributed by atoms with E-state index in [2.05, 4.69) is 25.5 Å². The lowest BCUT2D eigenvalue weighted by Crippen LogP contribution is -2.39. The van der Waals surface area contributed by atoms with E-state index in [4.69, 9.17) is 4.74 Å². The molecule has 2 aliphatic heterocycles. The van der Waals surface area contributed by atoms with Crippen molar-refractivity contribution in [2.24, 2.45) is 10.1 Å². The number of nitrogens with zero attached hydrogens (tertiary/aromatic N) is 3. The Hall–Kier alpha value is -4.68. The van der Waals surface area contributed by atoms with Gasteiger partial charge in [-0.25, -0.2) is 10.0 Å². The second kappa shape index (κ2) is 10.5. The van der Waals surface area contributed by atoms with Crippen LogP contribution in [0, 0.1) is 0 Å². The first-order valence-corrected chi connectivity index (χ1v) is 10.9. The molecular formula is C24H20F3N5O5. The molecule has 4 rings (SSSR count). The van der Waals surface area contributed by atoms with Crippen molar-refractivity contribution >= 4 is 35.2 Å². The van der Waals surface area contributed by atoms with E-state index in [-0.39, 0.29) is 18.0 Å². The number of esters is 1. The highest BCUT2D eigenvalue weighted by Crippen LogP contribution is 2.30. The fourth-order valence-corrected chi connectivity index (χ4v) is 3.37. The summed E-state index contributed by atoms with van der Waals surface area (Å²) in [6, 6.07) is 10.4. The quantitative estimate of drug-likeness (QED) is 0.571. The summed E-state index contributed by atoms with van der Waals surface area (Å²) in [5.41, 5.74) is -0.759. The van der Waals surface area contributed by atoms with Crippen LogP contribution in [0.25, 0.3) is 0 Å². The Bertz CT molecular complexity index is 1320. The van der Waals surface area contributed by atoms with Gasteiger partial charge in [-0.2, -0.15) is 13.2 Å². The number of alkyl halides is 3. The number of hydrogen-bond donors (Lipinski definition) is 2. The summed E-state index contributed by atoms with van der Waals surface area (Å²) in [6.45, 7) is 1.01. The maximum atomic E-state index is 12.9. The molecule has 0 bridgehead atoms. The number of hydrazone groups is 1. The van der Waals surface area contributed by atoms with Crippen molar-refractivity contribution in [3.63, 3.8) is 0 Å². The van der Waals surface area contributed by atoms with Gasteiger partial charge in [0, 0.05) is 30.3 Å². The predicted molar refractivity (Wildman–Crippen MR) is 126 cm³/mol. The van der Waals surface area contributed by atoms with Crippen LogP contribution >= 0.6 is 0 Å². The zero-order chi connectivity index (χ0) is 26.6. The van der Waals surface area contributed by atoms with Gasteiger partial charge in [0.15, 0.2) is 6.61 Å². The third-order valence-corrected chi connectivity index (χ3v) is 4.99. The molecule has 0 saturated heterocycles. The summed E-state index contributed by atoms with van der Waals surface area (Å²) >= 11 is 0. The maximum absolute atomic E-state index is 12.9. The third kappa shape index (κ3) is 6.72. The minimum atomic E-state index is -4.56. The van der Waals surface area contributed by atoms with E-state index in [1.165, 1.54) is 24.1 Å². The molecule has 0 saturated carbocycles. The second-order valence-corrected chi connectivity index (χ2v) is 7.87. The number of benzene rings is 2. The second-order valence-electron chi connectivity index (χ2n) is 7.87. The first kappa shape index (κ1) is 25.4. The van der Waals surface area contributed by atoms with Crippen LogP contribution in [0.1, 0.15) is 22.8 Å². The van der Waals surface area contributed by atoms with Crippen LogP contribution in [0.5, 0.6) is 5.75 Å². The smallest absolute Gasteiger partial charge is 0.416 e. The summed E-state index contributed by atoms with van der Waals surface area (Å²) < 4.78 is 49.2.